The first-order chi connectivity index (χ1) is 14.5. The number of primary amides is 1. The zero-order valence-electron chi connectivity index (χ0n) is 18.4. The Kier molecular flexibility index (Phi) is 6.55. The second kappa shape index (κ2) is 8.83. The number of carbonyl (C=O) groups excluding carboxylic acids is 3. The van der Waals surface area contributed by atoms with E-state index in [1.807, 2.05) is 31.2 Å². The average Bonchev–Trinajstić information content (AvgIpc) is 3.03. The van der Waals surface area contributed by atoms with Crippen molar-refractivity contribution in [1.29, 1.82) is 0 Å². The molecule has 7 heteroatoms. The molecule has 1 aromatic carbocycles. The second-order valence-electron chi connectivity index (χ2n) is 9.23. The van der Waals surface area contributed by atoms with Gasteiger partial charge >= 0.3 is 0 Å². The van der Waals surface area contributed by atoms with Gasteiger partial charge in [-0.05, 0) is 36.3 Å². The van der Waals surface area contributed by atoms with Gasteiger partial charge in [-0.3, -0.25) is 9.59 Å². The number of aryl methyl sites for hydroxylation is 1. The zero-order valence-corrected chi connectivity index (χ0v) is 19.2. The molecule has 166 valence electrons. The highest BCUT2D eigenvalue weighted by Gasteiger charge is 2.33. The van der Waals surface area contributed by atoms with E-state index in [1.54, 1.807) is 0 Å². The van der Waals surface area contributed by atoms with E-state index >= 15 is 0 Å². The predicted molar refractivity (Wildman–Crippen MR) is 121 cm³/mol. The molecule has 0 radical (unpaired) electrons. The van der Waals surface area contributed by atoms with Crippen LogP contribution in [0.4, 0.5) is 5.00 Å². The fourth-order valence-electron chi connectivity index (χ4n) is 4.28. The molecule has 1 saturated carbocycles. The van der Waals surface area contributed by atoms with Crippen molar-refractivity contribution in [1.82, 2.24) is 0 Å². The number of amides is 2. The van der Waals surface area contributed by atoms with Crippen LogP contribution in [0.3, 0.4) is 0 Å². The van der Waals surface area contributed by atoms with Gasteiger partial charge in [0.1, 0.15) is 5.00 Å². The van der Waals surface area contributed by atoms with Crippen LogP contribution in [-0.2, 0) is 15.0 Å². The third-order valence-electron chi connectivity index (χ3n) is 6.01. The lowest BCUT2D eigenvalue weighted by Crippen LogP contribution is -2.42. The van der Waals surface area contributed by atoms with Crippen molar-refractivity contribution in [2.24, 2.45) is 17.6 Å². The molecule has 2 amide bonds. The summed E-state index contributed by atoms with van der Waals surface area (Å²) in [6, 6.07) is 7.98. The molecule has 0 unspecified atom stereocenters. The van der Waals surface area contributed by atoms with Gasteiger partial charge in [0.05, 0.1) is 5.56 Å². The van der Waals surface area contributed by atoms with E-state index in [-0.39, 0.29) is 11.0 Å². The van der Waals surface area contributed by atoms with Gasteiger partial charge in [-0.2, -0.15) is 0 Å². The standard InChI is InChI=1S/C24H30N2O4S/c1-13-18(14-9-11-15(12-10-14)24(2,3)4)19(20(25)27)22(31-13)26-21(28)16-7-5-6-8-17(16)23(29)30/h9-12,16-17H,5-8H2,1-4H3,(H2,25,27)(H,26,28)(H,29,30)/p-1/t16-,17+/m1/s1. The lowest BCUT2D eigenvalue weighted by atomic mass is 9.78. The number of nitrogens with one attached hydrogen (secondary N) is 1. The van der Waals surface area contributed by atoms with Crippen LogP contribution in [-0.4, -0.2) is 17.8 Å². The lowest BCUT2D eigenvalue weighted by Gasteiger charge is -2.31. The molecule has 2 aromatic rings. The summed E-state index contributed by atoms with van der Waals surface area (Å²) in [5.74, 6) is -3.70. The first-order valence-electron chi connectivity index (χ1n) is 10.6. The molecule has 3 rings (SSSR count). The Balaban J connectivity index is 1.95. The third-order valence-corrected chi connectivity index (χ3v) is 7.03. The number of hydrogen-bond donors (Lipinski definition) is 2. The normalized spacial score (nSPS) is 19.1. The minimum absolute atomic E-state index is 0.00338. The van der Waals surface area contributed by atoms with E-state index in [2.05, 4.69) is 26.1 Å². The van der Waals surface area contributed by atoms with Crippen molar-refractivity contribution < 1.29 is 19.5 Å². The fourth-order valence-corrected chi connectivity index (χ4v) is 5.37. The zero-order chi connectivity index (χ0) is 22.9. The molecule has 0 bridgehead atoms. The fraction of sp³-hybridized carbons (Fsp3) is 0.458. The molecule has 2 atom stereocenters. The van der Waals surface area contributed by atoms with Gasteiger partial charge in [0.25, 0.3) is 5.91 Å². The quantitative estimate of drug-likeness (QED) is 0.738. The van der Waals surface area contributed by atoms with Crippen molar-refractivity contribution >= 4 is 34.1 Å². The molecular weight excluding hydrogens is 412 g/mol. The highest BCUT2D eigenvalue weighted by molar-refractivity contribution is 7.17. The minimum atomic E-state index is -1.20. The molecule has 1 fully saturated rings. The Morgan fingerprint density at radius 1 is 1.06 bits per heavy atom. The first-order valence-corrected chi connectivity index (χ1v) is 11.4. The Hall–Kier alpha value is -2.67. The Morgan fingerprint density at radius 3 is 2.16 bits per heavy atom. The lowest BCUT2D eigenvalue weighted by molar-refractivity contribution is -0.313. The molecule has 1 aliphatic rings. The smallest absolute Gasteiger partial charge is 0.252 e. The second-order valence-corrected chi connectivity index (χ2v) is 10.5. The Labute approximate surface area is 186 Å². The molecule has 0 spiro atoms. The third kappa shape index (κ3) is 4.82. The Bertz CT molecular complexity index is 1000. The van der Waals surface area contributed by atoms with Crippen LogP contribution in [0.25, 0.3) is 11.1 Å². The van der Waals surface area contributed by atoms with Gasteiger partial charge < -0.3 is 21.0 Å². The van der Waals surface area contributed by atoms with Crippen LogP contribution in [0.1, 0.15) is 67.3 Å². The summed E-state index contributed by atoms with van der Waals surface area (Å²) in [7, 11) is 0. The van der Waals surface area contributed by atoms with Gasteiger partial charge in [0.2, 0.25) is 5.91 Å². The molecule has 1 heterocycles. The SMILES string of the molecule is Cc1sc(NC(=O)[C@@H]2CCCC[C@@H]2C(=O)[O-])c(C(N)=O)c1-c1ccc(C(C)(C)C)cc1. The number of carboxylic acid groups (broad SMARTS) is 1. The van der Waals surface area contributed by atoms with E-state index in [0.29, 0.717) is 23.4 Å². The van der Waals surface area contributed by atoms with Gasteiger partial charge in [0.15, 0.2) is 0 Å². The number of carboxylic acids is 1. The maximum Gasteiger partial charge on any atom is 0.252 e. The van der Waals surface area contributed by atoms with Crippen molar-refractivity contribution in [2.75, 3.05) is 5.32 Å². The molecule has 3 N–H and O–H groups in total. The van der Waals surface area contributed by atoms with Gasteiger partial charge in [-0.15, -0.1) is 11.3 Å². The number of hydrogen-bond acceptors (Lipinski definition) is 5. The van der Waals surface area contributed by atoms with E-state index in [0.717, 1.165) is 23.3 Å². The number of carbonyl (C=O) groups is 3. The summed E-state index contributed by atoms with van der Waals surface area (Å²) in [6.07, 6.45) is 2.47. The monoisotopic (exact) mass is 441 g/mol. The van der Waals surface area contributed by atoms with Gasteiger partial charge in [-0.1, -0.05) is 57.9 Å². The minimum Gasteiger partial charge on any atom is -0.550 e. The molecular formula is C24H29N2O4S-. The predicted octanol–water partition coefficient (Wildman–Crippen LogP) is 3.61. The van der Waals surface area contributed by atoms with Crippen LogP contribution < -0.4 is 16.2 Å². The summed E-state index contributed by atoms with van der Waals surface area (Å²) in [5.41, 5.74) is 8.70. The molecule has 1 aromatic heterocycles. The number of benzene rings is 1. The van der Waals surface area contributed by atoms with Crippen LogP contribution in [0.2, 0.25) is 0 Å². The number of aliphatic carboxylic acids is 1. The van der Waals surface area contributed by atoms with Gasteiger partial charge in [0, 0.05) is 28.2 Å². The summed E-state index contributed by atoms with van der Waals surface area (Å²) < 4.78 is 0. The number of anilines is 1. The molecule has 0 saturated heterocycles. The van der Waals surface area contributed by atoms with Crippen LogP contribution >= 0.6 is 11.3 Å². The van der Waals surface area contributed by atoms with E-state index in [9.17, 15) is 19.5 Å². The van der Waals surface area contributed by atoms with Crippen molar-refractivity contribution in [3.63, 3.8) is 0 Å². The summed E-state index contributed by atoms with van der Waals surface area (Å²) in [6.45, 7) is 8.27. The van der Waals surface area contributed by atoms with E-state index < -0.39 is 29.6 Å². The molecule has 0 aliphatic heterocycles. The first kappa shape index (κ1) is 23.0. The summed E-state index contributed by atoms with van der Waals surface area (Å²) >= 11 is 1.28. The van der Waals surface area contributed by atoms with Crippen LogP contribution in [0, 0.1) is 18.8 Å². The van der Waals surface area contributed by atoms with Crippen molar-refractivity contribution in [2.45, 2.75) is 58.8 Å². The largest absolute Gasteiger partial charge is 0.550 e. The van der Waals surface area contributed by atoms with Gasteiger partial charge in [-0.25, -0.2) is 0 Å². The molecule has 31 heavy (non-hydrogen) atoms. The highest BCUT2D eigenvalue weighted by Crippen LogP contribution is 2.41. The number of nitrogens with two attached hydrogens (primary N) is 1. The van der Waals surface area contributed by atoms with E-state index in [4.69, 9.17) is 5.73 Å². The maximum atomic E-state index is 12.9. The van der Waals surface area contributed by atoms with Crippen LogP contribution in [0.15, 0.2) is 24.3 Å². The Morgan fingerprint density at radius 2 is 1.65 bits per heavy atom. The van der Waals surface area contributed by atoms with E-state index in [1.165, 1.54) is 16.9 Å². The van der Waals surface area contributed by atoms with Crippen molar-refractivity contribution in [3.05, 3.63) is 40.3 Å². The molecule has 6 nitrogen and oxygen atoms in total. The summed E-state index contributed by atoms with van der Waals surface area (Å²) in [4.78, 5) is 37.6. The maximum absolute atomic E-state index is 12.9. The number of rotatable bonds is 5. The topological polar surface area (TPSA) is 112 Å². The van der Waals surface area contributed by atoms with Crippen LogP contribution in [0.5, 0.6) is 0 Å². The number of thiophene rings is 1. The summed E-state index contributed by atoms with van der Waals surface area (Å²) in [5, 5.41) is 14.6. The van der Waals surface area contributed by atoms with Crippen molar-refractivity contribution in [3.8, 4) is 11.1 Å². The molecule has 1 aliphatic carbocycles. The average molecular weight is 442 g/mol. The highest BCUT2D eigenvalue weighted by atomic mass is 32.1.